The van der Waals surface area contributed by atoms with Crippen molar-refractivity contribution in [3.05, 3.63) is 102 Å². The molecule has 0 radical (unpaired) electrons. The summed E-state index contributed by atoms with van der Waals surface area (Å²) < 4.78 is 0. The number of hydrogen-bond donors (Lipinski definition) is 5. The van der Waals surface area contributed by atoms with Crippen molar-refractivity contribution < 1.29 is 25.5 Å². The van der Waals surface area contributed by atoms with E-state index in [9.17, 15) is 25.5 Å². The zero-order chi connectivity index (χ0) is 29.8. The van der Waals surface area contributed by atoms with E-state index in [0.29, 0.717) is 10.9 Å². The van der Waals surface area contributed by atoms with Crippen molar-refractivity contribution >= 4 is 27.8 Å². The van der Waals surface area contributed by atoms with Gasteiger partial charge in [0.25, 0.3) is 0 Å². The van der Waals surface area contributed by atoms with Crippen LogP contribution in [0.1, 0.15) is 25.0 Å². The van der Waals surface area contributed by atoms with Crippen LogP contribution in [0.2, 0.25) is 0 Å². The largest absolute Gasteiger partial charge is 0.504 e. The van der Waals surface area contributed by atoms with Crippen LogP contribution in [-0.2, 0) is 5.41 Å². The molecule has 210 valence electrons. The Labute approximate surface area is 246 Å². The highest BCUT2D eigenvalue weighted by atomic mass is 16.4. The van der Waals surface area contributed by atoms with Crippen molar-refractivity contribution in [2.75, 3.05) is 4.90 Å². The van der Waals surface area contributed by atoms with Gasteiger partial charge in [-0.25, -0.2) is 0 Å². The van der Waals surface area contributed by atoms with Crippen LogP contribution in [-0.4, -0.2) is 30.5 Å². The molecule has 5 N–H and O–H groups in total. The average Bonchev–Trinajstić information content (AvgIpc) is 3.25. The van der Waals surface area contributed by atoms with E-state index < -0.39 is 28.7 Å². The van der Waals surface area contributed by atoms with Gasteiger partial charge in [0.2, 0.25) is 17.2 Å². The monoisotopic (exact) mass is 566 g/mol. The van der Waals surface area contributed by atoms with Gasteiger partial charge < -0.3 is 30.4 Å². The third kappa shape index (κ3) is 3.16. The van der Waals surface area contributed by atoms with Gasteiger partial charge in [0, 0.05) is 22.6 Å². The van der Waals surface area contributed by atoms with E-state index >= 15 is 0 Å². The Balaban J connectivity index is 1.49. The SMILES string of the molecule is CC1(C)c2ccccc2-c2cc3c(cc21)N(c1cccnc1)c1cccc2c(-c4c(O)c(O)c(O)c(O)c4O)ccc-3c12. The second-order valence-electron chi connectivity index (χ2n) is 11.6. The first-order valence-corrected chi connectivity index (χ1v) is 13.9. The molecule has 0 bridgehead atoms. The van der Waals surface area contributed by atoms with Gasteiger partial charge >= 0.3 is 0 Å². The lowest BCUT2D eigenvalue weighted by atomic mass is 9.80. The summed E-state index contributed by atoms with van der Waals surface area (Å²) in [6.45, 7) is 4.51. The predicted molar refractivity (Wildman–Crippen MR) is 167 cm³/mol. The van der Waals surface area contributed by atoms with Crippen molar-refractivity contribution in [2.24, 2.45) is 0 Å². The highest BCUT2D eigenvalue weighted by Crippen LogP contribution is 2.60. The Bertz CT molecular complexity index is 2140. The first-order chi connectivity index (χ1) is 20.7. The molecule has 5 aromatic carbocycles. The lowest BCUT2D eigenvalue weighted by Gasteiger charge is -2.35. The van der Waals surface area contributed by atoms with Gasteiger partial charge in [-0.3, -0.25) is 4.98 Å². The van der Waals surface area contributed by atoms with E-state index in [1.165, 1.54) is 22.3 Å². The summed E-state index contributed by atoms with van der Waals surface area (Å²) in [4.78, 5) is 6.59. The van der Waals surface area contributed by atoms with E-state index in [0.717, 1.165) is 33.6 Å². The highest BCUT2D eigenvalue weighted by molar-refractivity contribution is 6.18. The number of anilines is 3. The Morgan fingerprint density at radius 1 is 0.581 bits per heavy atom. The maximum absolute atomic E-state index is 10.8. The molecule has 0 saturated heterocycles. The van der Waals surface area contributed by atoms with Crippen LogP contribution in [0.5, 0.6) is 28.7 Å². The fraction of sp³-hybridized carbons (Fsp3) is 0.0833. The fourth-order valence-corrected chi connectivity index (χ4v) is 6.99. The molecule has 0 fully saturated rings. The number of pyridine rings is 1. The Morgan fingerprint density at radius 3 is 2.05 bits per heavy atom. The fourth-order valence-electron chi connectivity index (χ4n) is 6.99. The molecule has 2 heterocycles. The predicted octanol–water partition coefficient (Wildman–Crippen LogP) is 8.19. The minimum absolute atomic E-state index is 0.181. The molecule has 0 atom stereocenters. The average molecular weight is 567 g/mol. The topological polar surface area (TPSA) is 117 Å². The molecule has 6 aromatic rings. The lowest BCUT2D eigenvalue weighted by Crippen LogP contribution is -2.19. The van der Waals surface area contributed by atoms with Crippen LogP contribution in [0.15, 0.2) is 91.3 Å². The molecular formula is C36H26N2O5. The van der Waals surface area contributed by atoms with E-state index in [-0.39, 0.29) is 11.0 Å². The van der Waals surface area contributed by atoms with Gasteiger partial charge in [0.05, 0.1) is 28.8 Å². The number of hydrogen-bond acceptors (Lipinski definition) is 7. The highest BCUT2D eigenvalue weighted by Gasteiger charge is 2.38. The Hall–Kier alpha value is -5.69. The molecule has 7 heteroatoms. The van der Waals surface area contributed by atoms with Crippen LogP contribution in [0, 0.1) is 0 Å². The molecule has 0 saturated carbocycles. The van der Waals surface area contributed by atoms with Crippen molar-refractivity contribution in [1.82, 2.24) is 4.98 Å². The number of rotatable bonds is 2. The molecule has 0 amide bonds. The maximum Gasteiger partial charge on any atom is 0.208 e. The lowest BCUT2D eigenvalue weighted by molar-refractivity contribution is 0.330. The van der Waals surface area contributed by atoms with Crippen molar-refractivity contribution in [2.45, 2.75) is 19.3 Å². The molecule has 1 aliphatic carbocycles. The number of phenols is 5. The van der Waals surface area contributed by atoms with Gasteiger partial charge in [-0.2, -0.15) is 0 Å². The van der Waals surface area contributed by atoms with Gasteiger partial charge in [-0.05, 0) is 69.1 Å². The second-order valence-corrected chi connectivity index (χ2v) is 11.6. The van der Waals surface area contributed by atoms with Gasteiger partial charge in [0.1, 0.15) is 0 Å². The van der Waals surface area contributed by atoms with Gasteiger partial charge in [0.15, 0.2) is 11.5 Å². The minimum Gasteiger partial charge on any atom is -0.504 e. The maximum atomic E-state index is 10.8. The summed E-state index contributed by atoms with van der Waals surface area (Å²) in [5.74, 6) is -4.28. The zero-order valence-electron chi connectivity index (χ0n) is 23.3. The summed E-state index contributed by atoms with van der Waals surface area (Å²) in [5.41, 5.74) is 9.59. The summed E-state index contributed by atoms with van der Waals surface area (Å²) in [5, 5.41) is 53.9. The standard InChI is InChI=1S/C36H26N2O5/c1-36(2)25-10-4-3-8-19(25)23-15-24-22-13-12-21(30-31(39)33(41)35(43)34(42)32(30)40)20-9-5-11-27(29(20)22)38(28(24)16-26(23)36)18-7-6-14-37-17-18/h3-17,39-43H,1-2H3. The Kier molecular flexibility index (Phi) is 4.91. The number of aromatic hydroxyl groups is 5. The molecule has 1 aromatic heterocycles. The molecule has 1 aliphatic heterocycles. The number of benzene rings is 5. The minimum atomic E-state index is -0.991. The third-order valence-electron chi connectivity index (χ3n) is 9.03. The van der Waals surface area contributed by atoms with E-state index in [1.54, 1.807) is 12.3 Å². The number of phenolic OH excluding ortho intramolecular Hbond substituents is 5. The first kappa shape index (κ1) is 25.1. The quantitative estimate of drug-likeness (QED) is 0.106. The first-order valence-electron chi connectivity index (χ1n) is 13.9. The van der Waals surface area contributed by atoms with Crippen LogP contribution < -0.4 is 4.90 Å². The third-order valence-corrected chi connectivity index (χ3v) is 9.03. The van der Waals surface area contributed by atoms with Crippen LogP contribution in [0.4, 0.5) is 17.1 Å². The van der Waals surface area contributed by atoms with Gasteiger partial charge in [-0.1, -0.05) is 62.4 Å². The summed E-state index contributed by atoms with van der Waals surface area (Å²) in [7, 11) is 0. The van der Waals surface area contributed by atoms with Crippen LogP contribution in [0.3, 0.4) is 0 Å². The number of fused-ring (bicyclic) bond motifs is 5. The van der Waals surface area contributed by atoms with Crippen LogP contribution in [0.25, 0.3) is 44.2 Å². The van der Waals surface area contributed by atoms with Crippen molar-refractivity contribution in [1.29, 1.82) is 0 Å². The van der Waals surface area contributed by atoms with E-state index in [1.807, 2.05) is 42.6 Å². The number of aromatic nitrogens is 1. The molecule has 0 spiro atoms. The molecule has 7 nitrogen and oxygen atoms in total. The van der Waals surface area contributed by atoms with Crippen molar-refractivity contribution in [3.8, 4) is 62.1 Å². The molecular weight excluding hydrogens is 540 g/mol. The number of nitrogens with zero attached hydrogens (tertiary/aromatic N) is 2. The summed E-state index contributed by atoms with van der Waals surface area (Å²) in [6.07, 6.45) is 3.55. The summed E-state index contributed by atoms with van der Waals surface area (Å²) in [6, 6.07) is 26.4. The molecule has 2 aliphatic rings. The van der Waals surface area contributed by atoms with E-state index in [2.05, 4.69) is 60.1 Å². The zero-order valence-corrected chi connectivity index (χ0v) is 23.3. The second kappa shape index (κ2) is 8.42. The summed E-state index contributed by atoms with van der Waals surface area (Å²) >= 11 is 0. The smallest absolute Gasteiger partial charge is 0.208 e. The molecule has 0 unspecified atom stereocenters. The van der Waals surface area contributed by atoms with Crippen LogP contribution >= 0.6 is 0 Å². The molecule has 8 rings (SSSR count). The van der Waals surface area contributed by atoms with Gasteiger partial charge in [-0.15, -0.1) is 0 Å². The molecule has 43 heavy (non-hydrogen) atoms. The van der Waals surface area contributed by atoms with E-state index in [4.69, 9.17) is 0 Å². The normalized spacial score (nSPS) is 14.0. The van der Waals surface area contributed by atoms with Crippen molar-refractivity contribution in [3.63, 3.8) is 0 Å². The Morgan fingerprint density at radius 2 is 1.30 bits per heavy atom.